The molecule has 0 aromatic rings. The van der Waals surface area contributed by atoms with Gasteiger partial charge < -0.3 is 10.5 Å². The van der Waals surface area contributed by atoms with Crippen molar-refractivity contribution in [3.63, 3.8) is 0 Å². The molecule has 12 heavy (non-hydrogen) atoms. The number of aliphatic imine (C=N–C) groups is 1. The van der Waals surface area contributed by atoms with Gasteiger partial charge in [0, 0.05) is 6.92 Å². The van der Waals surface area contributed by atoms with Gasteiger partial charge in [-0.05, 0) is 31.7 Å². The maximum Gasteiger partial charge on any atom is 0.180 e. The lowest BCUT2D eigenvalue weighted by Crippen LogP contribution is -2.33. The molecule has 0 aromatic heterocycles. The minimum absolute atomic E-state index is 0.340. The van der Waals surface area contributed by atoms with E-state index in [0.717, 1.165) is 25.3 Å². The predicted molar refractivity (Wildman–Crippen MR) is 48.2 cm³/mol. The number of ether oxygens (including phenoxy) is 1. The molecule has 1 saturated carbocycles. The molecule has 2 aliphatic rings. The molecule has 0 radical (unpaired) electrons. The molecule has 0 bridgehead atoms. The van der Waals surface area contributed by atoms with Crippen LogP contribution in [0.4, 0.5) is 0 Å². The normalized spacial score (nSPS) is 40.2. The highest BCUT2D eigenvalue weighted by Gasteiger charge is 2.35. The molecular weight excluding hydrogens is 152 g/mol. The van der Waals surface area contributed by atoms with Gasteiger partial charge in [0.2, 0.25) is 0 Å². The summed E-state index contributed by atoms with van der Waals surface area (Å²) in [6.07, 6.45) is 3.82. The zero-order chi connectivity index (χ0) is 8.55. The zero-order valence-corrected chi connectivity index (χ0v) is 7.49. The van der Waals surface area contributed by atoms with Gasteiger partial charge in [0.25, 0.3) is 0 Å². The predicted octanol–water partition coefficient (Wildman–Crippen LogP) is 0.931. The van der Waals surface area contributed by atoms with Crippen molar-refractivity contribution in [3.8, 4) is 0 Å². The van der Waals surface area contributed by atoms with Gasteiger partial charge in [-0.2, -0.15) is 0 Å². The van der Waals surface area contributed by atoms with Crippen molar-refractivity contribution in [2.75, 3.05) is 6.54 Å². The van der Waals surface area contributed by atoms with Crippen LogP contribution in [-0.4, -0.2) is 24.6 Å². The van der Waals surface area contributed by atoms with E-state index in [2.05, 4.69) is 4.99 Å². The van der Waals surface area contributed by atoms with Crippen molar-refractivity contribution in [1.29, 1.82) is 0 Å². The Labute approximate surface area is 73.0 Å². The molecule has 3 unspecified atom stereocenters. The van der Waals surface area contributed by atoms with Crippen molar-refractivity contribution in [1.82, 2.24) is 0 Å². The molecular formula is C9H16N2O. The Morgan fingerprint density at radius 2 is 2.42 bits per heavy atom. The van der Waals surface area contributed by atoms with Gasteiger partial charge in [-0.15, -0.1) is 0 Å². The molecule has 2 rings (SSSR count). The van der Waals surface area contributed by atoms with Crippen LogP contribution in [0.3, 0.4) is 0 Å². The first-order chi connectivity index (χ1) is 5.79. The number of hydrogen-bond acceptors (Lipinski definition) is 3. The number of hydrogen-bond donors (Lipinski definition) is 1. The second-order valence-corrected chi connectivity index (χ2v) is 3.79. The first kappa shape index (κ1) is 8.05. The fraction of sp³-hybridized carbons (Fsp3) is 0.889. The van der Waals surface area contributed by atoms with E-state index in [1.54, 1.807) is 0 Å². The Bertz CT molecular complexity index is 203. The van der Waals surface area contributed by atoms with E-state index in [1.807, 2.05) is 6.92 Å². The van der Waals surface area contributed by atoms with Crippen LogP contribution in [0.2, 0.25) is 0 Å². The average molecular weight is 168 g/mol. The summed E-state index contributed by atoms with van der Waals surface area (Å²) in [6.45, 7) is 2.74. The van der Waals surface area contributed by atoms with E-state index in [4.69, 9.17) is 10.5 Å². The number of nitrogens with two attached hydrogens (primary N) is 1. The maximum atomic E-state index is 5.63. The minimum atomic E-state index is 0.340. The van der Waals surface area contributed by atoms with Crippen LogP contribution < -0.4 is 5.73 Å². The number of nitrogens with zero attached hydrogens (tertiary/aromatic N) is 1. The van der Waals surface area contributed by atoms with Gasteiger partial charge in [-0.3, -0.25) is 0 Å². The van der Waals surface area contributed by atoms with E-state index in [0.29, 0.717) is 18.1 Å². The molecule has 1 aliphatic carbocycles. The topological polar surface area (TPSA) is 47.6 Å². The fourth-order valence-corrected chi connectivity index (χ4v) is 2.17. The van der Waals surface area contributed by atoms with Crippen LogP contribution in [0, 0.1) is 5.92 Å². The van der Waals surface area contributed by atoms with Gasteiger partial charge in [-0.1, -0.05) is 0 Å². The summed E-state index contributed by atoms with van der Waals surface area (Å²) in [5.74, 6) is 1.52. The standard InChI is InChI=1S/C9H16N2O/c1-6-11-8-3-2-7(5-10)4-9(8)12-6/h7-9H,2-5,10H2,1H3. The van der Waals surface area contributed by atoms with Crippen molar-refractivity contribution in [2.24, 2.45) is 16.6 Å². The Balaban J connectivity index is 1.97. The summed E-state index contributed by atoms with van der Waals surface area (Å²) >= 11 is 0. The molecule has 1 fully saturated rings. The van der Waals surface area contributed by atoms with Gasteiger partial charge in [-0.25, -0.2) is 4.99 Å². The van der Waals surface area contributed by atoms with E-state index in [-0.39, 0.29) is 0 Å². The monoisotopic (exact) mass is 168 g/mol. The lowest BCUT2D eigenvalue weighted by atomic mass is 9.84. The number of rotatable bonds is 1. The van der Waals surface area contributed by atoms with Crippen molar-refractivity contribution in [2.45, 2.75) is 38.3 Å². The molecule has 0 saturated heterocycles. The van der Waals surface area contributed by atoms with Crippen LogP contribution in [-0.2, 0) is 4.74 Å². The molecule has 3 nitrogen and oxygen atoms in total. The molecule has 0 aromatic carbocycles. The van der Waals surface area contributed by atoms with E-state index < -0.39 is 0 Å². The molecule has 68 valence electrons. The van der Waals surface area contributed by atoms with Crippen LogP contribution in [0.5, 0.6) is 0 Å². The second kappa shape index (κ2) is 3.05. The Morgan fingerprint density at radius 1 is 1.58 bits per heavy atom. The third-order valence-corrected chi connectivity index (χ3v) is 2.87. The SMILES string of the molecule is CC1=NC2CCC(CN)CC2O1. The van der Waals surface area contributed by atoms with Gasteiger partial charge in [0.15, 0.2) is 5.90 Å². The van der Waals surface area contributed by atoms with Crippen LogP contribution in [0.25, 0.3) is 0 Å². The molecule has 3 atom stereocenters. The van der Waals surface area contributed by atoms with Crippen LogP contribution in [0.1, 0.15) is 26.2 Å². The highest BCUT2D eigenvalue weighted by Crippen LogP contribution is 2.31. The Morgan fingerprint density at radius 3 is 3.17 bits per heavy atom. The van der Waals surface area contributed by atoms with E-state index in [9.17, 15) is 0 Å². The molecule has 1 heterocycles. The van der Waals surface area contributed by atoms with Crippen molar-refractivity contribution >= 4 is 5.90 Å². The van der Waals surface area contributed by atoms with Gasteiger partial charge >= 0.3 is 0 Å². The summed E-state index contributed by atoms with van der Waals surface area (Å²) in [4.78, 5) is 4.43. The molecule has 0 amide bonds. The highest BCUT2D eigenvalue weighted by atomic mass is 16.5. The largest absolute Gasteiger partial charge is 0.476 e. The molecule has 2 N–H and O–H groups in total. The fourth-order valence-electron chi connectivity index (χ4n) is 2.17. The quantitative estimate of drug-likeness (QED) is 0.633. The first-order valence-electron chi connectivity index (χ1n) is 4.70. The lowest BCUT2D eigenvalue weighted by Gasteiger charge is -2.28. The first-order valence-corrected chi connectivity index (χ1v) is 4.70. The average Bonchev–Trinajstić information content (AvgIpc) is 2.43. The van der Waals surface area contributed by atoms with Crippen molar-refractivity contribution in [3.05, 3.63) is 0 Å². The number of fused-ring (bicyclic) bond motifs is 1. The van der Waals surface area contributed by atoms with Gasteiger partial charge in [0.05, 0.1) is 6.04 Å². The van der Waals surface area contributed by atoms with Crippen LogP contribution >= 0.6 is 0 Å². The van der Waals surface area contributed by atoms with E-state index >= 15 is 0 Å². The maximum absolute atomic E-state index is 5.63. The molecule has 0 spiro atoms. The van der Waals surface area contributed by atoms with Gasteiger partial charge in [0.1, 0.15) is 6.10 Å². The third kappa shape index (κ3) is 1.33. The Hall–Kier alpha value is -0.570. The molecule has 1 aliphatic heterocycles. The van der Waals surface area contributed by atoms with Crippen LogP contribution in [0.15, 0.2) is 4.99 Å². The smallest absolute Gasteiger partial charge is 0.180 e. The minimum Gasteiger partial charge on any atom is -0.476 e. The zero-order valence-electron chi connectivity index (χ0n) is 7.49. The summed E-state index contributed by atoms with van der Waals surface area (Å²) in [7, 11) is 0. The Kier molecular flexibility index (Phi) is 2.05. The summed E-state index contributed by atoms with van der Waals surface area (Å²) in [6, 6.07) is 0.438. The second-order valence-electron chi connectivity index (χ2n) is 3.79. The van der Waals surface area contributed by atoms with E-state index in [1.165, 1.54) is 6.42 Å². The van der Waals surface area contributed by atoms with Crippen molar-refractivity contribution < 1.29 is 4.74 Å². The third-order valence-electron chi connectivity index (χ3n) is 2.87. The highest BCUT2D eigenvalue weighted by molar-refractivity contribution is 5.75. The summed E-state index contributed by atoms with van der Waals surface area (Å²) in [5, 5.41) is 0. The lowest BCUT2D eigenvalue weighted by molar-refractivity contribution is 0.122. The summed E-state index contributed by atoms with van der Waals surface area (Å²) < 4.78 is 5.59. The molecule has 3 heteroatoms. The summed E-state index contributed by atoms with van der Waals surface area (Å²) in [5.41, 5.74) is 5.63.